The Morgan fingerprint density at radius 2 is 2.11 bits per heavy atom. The Bertz CT molecular complexity index is 444. The van der Waals surface area contributed by atoms with Crippen LogP contribution in [0.4, 0.5) is 0 Å². The number of rotatable bonds is 6. The van der Waals surface area contributed by atoms with Crippen LogP contribution < -0.4 is 16.4 Å². The molecule has 0 saturated heterocycles. The van der Waals surface area contributed by atoms with E-state index >= 15 is 0 Å². The fourth-order valence-electron chi connectivity index (χ4n) is 1.61. The van der Waals surface area contributed by atoms with E-state index in [-0.39, 0.29) is 17.9 Å². The summed E-state index contributed by atoms with van der Waals surface area (Å²) in [7, 11) is 1.59. The normalized spacial score (nSPS) is 11.7. The van der Waals surface area contributed by atoms with Gasteiger partial charge in [-0.05, 0) is 31.0 Å². The molecule has 0 aliphatic heterocycles. The first-order valence-electron chi connectivity index (χ1n) is 6.36. The average Bonchev–Trinajstić information content (AvgIpc) is 2.42. The van der Waals surface area contributed by atoms with Gasteiger partial charge in [-0.3, -0.25) is 9.59 Å². The highest BCUT2D eigenvalue weighted by atomic mass is 16.2. The van der Waals surface area contributed by atoms with Crippen molar-refractivity contribution < 1.29 is 9.59 Å². The van der Waals surface area contributed by atoms with Crippen LogP contribution in [0.5, 0.6) is 0 Å². The first-order chi connectivity index (χ1) is 9.02. The van der Waals surface area contributed by atoms with E-state index in [1.165, 1.54) is 0 Å². The van der Waals surface area contributed by atoms with E-state index in [0.29, 0.717) is 24.9 Å². The van der Waals surface area contributed by atoms with Crippen molar-refractivity contribution in [3.8, 4) is 0 Å². The summed E-state index contributed by atoms with van der Waals surface area (Å²) in [6.07, 6.45) is 1.09. The Balaban J connectivity index is 2.49. The van der Waals surface area contributed by atoms with Crippen molar-refractivity contribution in [2.24, 2.45) is 5.73 Å². The number of benzene rings is 1. The predicted octanol–water partition coefficient (Wildman–Crippen LogP) is 0.790. The van der Waals surface area contributed by atoms with E-state index in [1.54, 1.807) is 25.2 Å². The van der Waals surface area contributed by atoms with Gasteiger partial charge in [-0.15, -0.1) is 0 Å². The first kappa shape index (κ1) is 15.2. The van der Waals surface area contributed by atoms with Gasteiger partial charge in [0.1, 0.15) is 0 Å². The fraction of sp³-hybridized carbons (Fsp3) is 0.429. The number of carbonyl (C=O) groups is 2. The van der Waals surface area contributed by atoms with Crippen LogP contribution in [0.2, 0.25) is 0 Å². The van der Waals surface area contributed by atoms with E-state index < -0.39 is 0 Å². The second kappa shape index (κ2) is 7.53. The first-order valence-corrected chi connectivity index (χ1v) is 6.36. The summed E-state index contributed by atoms with van der Waals surface area (Å²) in [6.45, 7) is 2.29. The van der Waals surface area contributed by atoms with Crippen molar-refractivity contribution in [1.29, 1.82) is 0 Å². The molecule has 0 aromatic heterocycles. The van der Waals surface area contributed by atoms with Crippen LogP contribution in [-0.2, 0) is 11.3 Å². The van der Waals surface area contributed by atoms with E-state index in [0.717, 1.165) is 5.56 Å². The van der Waals surface area contributed by atoms with Gasteiger partial charge in [0.25, 0.3) is 5.91 Å². The molecule has 2 amide bonds. The van der Waals surface area contributed by atoms with Crippen LogP contribution in [0, 0.1) is 0 Å². The van der Waals surface area contributed by atoms with Gasteiger partial charge in [0.15, 0.2) is 0 Å². The lowest BCUT2D eigenvalue weighted by atomic mass is 10.1. The number of amides is 2. The summed E-state index contributed by atoms with van der Waals surface area (Å²) in [5.41, 5.74) is 7.08. The Morgan fingerprint density at radius 1 is 1.37 bits per heavy atom. The van der Waals surface area contributed by atoms with Crippen LogP contribution >= 0.6 is 0 Å². The van der Waals surface area contributed by atoms with Gasteiger partial charge < -0.3 is 16.4 Å². The molecule has 0 spiro atoms. The maximum atomic E-state index is 11.5. The molecule has 1 unspecified atom stereocenters. The maximum absolute atomic E-state index is 11.5. The molecular formula is C14H21N3O2. The third-order valence-electron chi connectivity index (χ3n) is 2.73. The number of hydrogen-bond acceptors (Lipinski definition) is 3. The lowest BCUT2D eigenvalue weighted by Crippen LogP contribution is -2.25. The summed E-state index contributed by atoms with van der Waals surface area (Å²) in [4.78, 5) is 23.0. The van der Waals surface area contributed by atoms with Gasteiger partial charge in [-0.2, -0.15) is 0 Å². The van der Waals surface area contributed by atoms with Crippen LogP contribution in [-0.4, -0.2) is 24.9 Å². The van der Waals surface area contributed by atoms with Crippen LogP contribution in [0.25, 0.3) is 0 Å². The SMILES string of the molecule is CNC(=O)c1cccc(CNC(=O)CCC(C)N)c1. The zero-order valence-electron chi connectivity index (χ0n) is 11.4. The molecule has 0 radical (unpaired) electrons. The van der Waals surface area contributed by atoms with Crippen molar-refractivity contribution in [1.82, 2.24) is 10.6 Å². The number of nitrogens with one attached hydrogen (secondary N) is 2. The van der Waals surface area contributed by atoms with Gasteiger partial charge in [-0.1, -0.05) is 12.1 Å². The maximum Gasteiger partial charge on any atom is 0.251 e. The van der Waals surface area contributed by atoms with Crippen molar-refractivity contribution in [2.45, 2.75) is 32.4 Å². The summed E-state index contributed by atoms with van der Waals surface area (Å²) in [5.74, 6) is -0.159. The summed E-state index contributed by atoms with van der Waals surface area (Å²) < 4.78 is 0. The zero-order chi connectivity index (χ0) is 14.3. The van der Waals surface area contributed by atoms with Gasteiger partial charge in [0, 0.05) is 31.6 Å². The standard InChI is InChI=1S/C14H21N3O2/c1-10(15)6-7-13(18)17-9-11-4-3-5-12(8-11)14(19)16-2/h3-5,8,10H,6-7,9,15H2,1-2H3,(H,16,19)(H,17,18). The molecule has 0 saturated carbocycles. The molecule has 5 heteroatoms. The van der Waals surface area contributed by atoms with Gasteiger partial charge in [0.2, 0.25) is 5.91 Å². The highest BCUT2D eigenvalue weighted by molar-refractivity contribution is 5.94. The third kappa shape index (κ3) is 5.52. The minimum absolute atomic E-state index is 0.0253. The van der Waals surface area contributed by atoms with Crippen molar-refractivity contribution >= 4 is 11.8 Å². The van der Waals surface area contributed by atoms with Crippen molar-refractivity contribution in [3.63, 3.8) is 0 Å². The molecule has 1 aromatic carbocycles. The van der Waals surface area contributed by atoms with Gasteiger partial charge >= 0.3 is 0 Å². The van der Waals surface area contributed by atoms with Crippen LogP contribution in [0.15, 0.2) is 24.3 Å². The Morgan fingerprint density at radius 3 is 2.74 bits per heavy atom. The molecule has 4 N–H and O–H groups in total. The van der Waals surface area contributed by atoms with E-state index in [9.17, 15) is 9.59 Å². The van der Waals surface area contributed by atoms with Crippen molar-refractivity contribution in [2.75, 3.05) is 7.05 Å². The van der Waals surface area contributed by atoms with E-state index in [2.05, 4.69) is 10.6 Å². The lowest BCUT2D eigenvalue weighted by Gasteiger charge is -2.08. The second-order valence-corrected chi connectivity index (χ2v) is 4.57. The molecule has 1 rings (SSSR count). The smallest absolute Gasteiger partial charge is 0.251 e. The average molecular weight is 263 g/mol. The highest BCUT2D eigenvalue weighted by Gasteiger charge is 2.06. The van der Waals surface area contributed by atoms with E-state index in [1.807, 2.05) is 13.0 Å². The van der Waals surface area contributed by atoms with Crippen LogP contribution in [0.3, 0.4) is 0 Å². The monoisotopic (exact) mass is 263 g/mol. The highest BCUT2D eigenvalue weighted by Crippen LogP contribution is 2.05. The molecule has 0 fully saturated rings. The molecule has 5 nitrogen and oxygen atoms in total. The summed E-state index contributed by atoms with van der Waals surface area (Å²) >= 11 is 0. The molecule has 1 atom stereocenters. The van der Waals surface area contributed by atoms with Crippen LogP contribution in [0.1, 0.15) is 35.7 Å². The molecule has 0 heterocycles. The van der Waals surface area contributed by atoms with Gasteiger partial charge in [0.05, 0.1) is 0 Å². The number of nitrogens with two attached hydrogens (primary N) is 1. The fourth-order valence-corrected chi connectivity index (χ4v) is 1.61. The molecule has 19 heavy (non-hydrogen) atoms. The summed E-state index contributed by atoms with van der Waals surface area (Å²) in [6, 6.07) is 7.21. The Labute approximate surface area is 113 Å². The second-order valence-electron chi connectivity index (χ2n) is 4.57. The minimum Gasteiger partial charge on any atom is -0.355 e. The molecule has 1 aromatic rings. The molecule has 104 valence electrons. The molecule has 0 bridgehead atoms. The largest absolute Gasteiger partial charge is 0.355 e. The topological polar surface area (TPSA) is 84.2 Å². The summed E-state index contributed by atoms with van der Waals surface area (Å²) in [5, 5.41) is 5.38. The lowest BCUT2D eigenvalue weighted by molar-refractivity contribution is -0.121. The number of hydrogen-bond donors (Lipinski definition) is 3. The predicted molar refractivity (Wildman–Crippen MR) is 74.6 cm³/mol. The zero-order valence-corrected chi connectivity index (χ0v) is 11.4. The van der Waals surface area contributed by atoms with Gasteiger partial charge in [-0.25, -0.2) is 0 Å². The van der Waals surface area contributed by atoms with Crippen molar-refractivity contribution in [3.05, 3.63) is 35.4 Å². The Kier molecular flexibility index (Phi) is 6.02. The minimum atomic E-state index is -0.134. The number of carbonyl (C=O) groups excluding carboxylic acids is 2. The molecule has 0 aliphatic rings. The molecule has 0 aliphatic carbocycles. The Hall–Kier alpha value is -1.88. The third-order valence-corrected chi connectivity index (χ3v) is 2.73. The molecular weight excluding hydrogens is 242 g/mol. The van der Waals surface area contributed by atoms with E-state index in [4.69, 9.17) is 5.73 Å². The quantitative estimate of drug-likeness (QED) is 0.709.